The fourth-order valence-electron chi connectivity index (χ4n) is 10.7. The lowest BCUT2D eigenvalue weighted by Crippen LogP contribution is -2.45. The number of alkyl halides is 3. The lowest BCUT2D eigenvalue weighted by molar-refractivity contribution is -0.138. The van der Waals surface area contributed by atoms with Crippen LogP contribution in [0.2, 0.25) is 0 Å². The van der Waals surface area contributed by atoms with Gasteiger partial charge < -0.3 is 25.1 Å². The highest BCUT2D eigenvalue weighted by Gasteiger charge is 2.37. The van der Waals surface area contributed by atoms with Gasteiger partial charge in [0.1, 0.15) is 11.4 Å². The summed E-state index contributed by atoms with van der Waals surface area (Å²) in [6, 6.07) is 13.3. The zero-order valence-corrected chi connectivity index (χ0v) is 43.8. The Labute approximate surface area is 432 Å². The van der Waals surface area contributed by atoms with E-state index < -0.39 is 28.9 Å². The minimum atomic E-state index is -4.71. The van der Waals surface area contributed by atoms with Crippen molar-refractivity contribution in [2.24, 2.45) is 17.8 Å². The Kier molecular flexibility index (Phi) is 19.4. The SMILES string of the molecule is CC.CN1CCC(NSc2ccc(Nc3ncc(C(F)(F)F)c(-c4cnn(CC(C)(C)O)c4)n3)c(F)c2)CC1.O=C1CCC(c2ccc(N3CCC(C4CCN(C(=O)C5CCCCC5)CC4)CC3)cc2)C(=O)N1. The van der Waals surface area contributed by atoms with Gasteiger partial charge in [-0.2, -0.15) is 18.3 Å². The van der Waals surface area contributed by atoms with Gasteiger partial charge in [0.05, 0.1) is 35.6 Å². The maximum absolute atomic E-state index is 14.8. The van der Waals surface area contributed by atoms with E-state index in [9.17, 15) is 37.1 Å². The Morgan fingerprint density at radius 1 is 0.849 bits per heavy atom. The van der Waals surface area contributed by atoms with Crippen molar-refractivity contribution in [1.82, 2.24) is 39.6 Å². The van der Waals surface area contributed by atoms with Crippen molar-refractivity contribution in [3.63, 3.8) is 0 Å². The largest absolute Gasteiger partial charge is 0.419 e. The summed E-state index contributed by atoms with van der Waals surface area (Å²) in [4.78, 5) is 51.8. The third-order valence-corrected chi connectivity index (χ3v) is 15.7. The number of nitrogens with one attached hydrogen (secondary N) is 3. The molecule has 0 spiro atoms. The number of aliphatic hydroxyl groups is 1. The van der Waals surface area contributed by atoms with Gasteiger partial charge in [-0.3, -0.25) is 29.1 Å². The quantitative estimate of drug-likeness (QED) is 0.0605. The van der Waals surface area contributed by atoms with Crippen LogP contribution in [-0.2, 0) is 27.1 Å². The van der Waals surface area contributed by atoms with E-state index >= 15 is 0 Å². The molecule has 6 heterocycles. The first-order valence-corrected chi connectivity index (χ1v) is 27.1. The number of halogens is 4. The van der Waals surface area contributed by atoms with Crippen LogP contribution >= 0.6 is 11.9 Å². The first kappa shape index (κ1) is 55.6. The predicted molar refractivity (Wildman–Crippen MR) is 277 cm³/mol. The van der Waals surface area contributed by atoms with Gasteiger partial charge in [0.15, 0.2) is 0 Å². The zero-order chi connectivity index (χ0) is 52.3. The number of piperidine rings is 4. The van der Waals surface area contributed by atoms with Gasteiger partial charge in [-0.1, -0.05) is 45.2 Å². The standard InChI is InChI=1S/C28H39N3O3.C24H29F4N7OS.C2H6/c32-26-11-10-25(27(33)29-26)22-6-8-24(9-7-22)30-16-12-20(13-17-30)21-14-18-31(19-15-21)28(34)23-4-2-1-3-5-23;1-23(2,36)14-35-13-15(11-30-35)21-18(24(26,27)28)12-29-22(32-21)31-20-5-4-17(10-19(20)25)37-33-16-6-8-34(3)9-7-16;1-2/h6-9,20-21,23,25H,1-5,10-19H2,(H,29,32,33);4-5,10-13,16,33,36H,6-9,14H2,1-3H3,(H,29,31,32);1-2H3. The number of carbonyl (C=O) groups excluding carboxylic acids is 3. The van der Waals surface area contributed by atoms with E-state index in [4.69, 9.17) is 0 Å². The van der Waals surface area contributed by atoms with Crippen LogP contribution in [0.5, 0.6) is 0 Å². The number of hydrogen-bond acceptors (Lipinski definition) is 12. The minimum Gasteiger partial charge on any atom is -0.389 e. The molecule has 1 unspecified atom stereocenters. The molecular formula is C54H74F4N10O4S. The van der Waals surface area contributed by atoms with E-state index in [1.54, 1.807) is 19.9 Å². The van der Waals surface area contributed by atoms with Crippen molar-refractivity contribution in [3.05, 3.63) is 78.0 Å². The monoisotopic (exact) mass is 1030 g/mol. The molecule has 398 valence electrons. The third-order valence-electron chi connectivity index (χ3n) is 14.7. The Morgan fingerprint density at radius 3 is 2.12 bits per heavy atom. The second-order valence-electron chi connectivity index (χ2n) is 20.7. The number of nitrogens with zero attached hydrogens (tertiary/aromatic N) is 7. The summed E-state index contributed by atoms with van der Waals surface area (Å²) in [7, 11) is 2.08. The molecule has 19 heteroatoms. The lowest BCUT2D eigenvalue weighted by Gasteiger charge is -2.41. The molecule has 14 nitrogen and oxygen atoms in total. The molecule has 1 aliphatic carbocycles. The highest BCUT2D eigenvalue weighted by atomic mass is 32.2. The molecule has 4 aliphatic heterocycles. The number of likely N-dealkylation sites (tertiary alicyclic amines) is 2. The molecule has 1 saturated carbocycles. The van der Waals surface area contributed by atoms with Crippen molar-refractivity contribution < 1.29 is 37.1 Å². The summed E-state index contributed by atoms with van der Waals surface area (Å²) in [5, 5.41) is 19.1. The first-order valence-electron chi connectivity index (χ1n) is 26.3. The summed E-state index contributed by atoms with van der Waals surface area (Å²) in [5.74, 6) is 0.939. The Balaban J connectivity index is 0.000000207. The Hall–Kier alpha value is -5.11. The number of anilines is 3. The van der Waals surface area contributed by atoms with Crippen molar-refractivity contribution in [2.45, 2.75) is 146 Å². The van der Waals surface area contributed by atoms with Gasteiger partial charge in [0.25, 0.3) is 0 Å². The van der Waals surface area contributed by atoms with Crippen LogP contribution in [0.4, 0.5) is 34.9 Å². The van der Waals surface area contributed by atoms with E-state index in [1.807, 2.05) is 13.8 Å². The van der Waals surface area contributed by atoms with Gasteiger partial charge in [-0.15, -0.1) is 0 Å². The first-order chi connectivity index (χ1) is 35.0. The summed E-state index contributed by atoms with van der Waals surface area (Å²) in [6.07, 6.45) is 12.3. The fraction of sp³-hybridized carbons (Fsp3) is 0.593. The normalized spacial score (nSPS) is 20.2. The van der Waals surface area contributed by atoms with Gasteiger partial charge in [0, 0.05) is 73.1 Å². The van der Waals surface area contributed by atoms with Crippen LogP contribution in [0.25, 0.3) is 11.3 Å². The van der Waals surface area contributed by atoms with Crippen molar-refractivity contribution >= 4 is 47.0 Å². The number of hydrogen-bond donors (Lipinski definition) is 4. The molecule has 2 aromatic carbocycles. The van der Waals surface area contributed by atoms with Crippen LogP contribution in [-0.4, -0.2) is 110 Å². The highest BCUT2D eigenvalue weighted by molar-refractivity contribution is 7.97. The molecule has 1 atom stereocenters. The fourth-order valence-corrected chi connectivity index (χ4v) is 11.5. The van der Waals surface area contributed by atoms with E-state index in [0.717, 1.165) is 82.4 Å². The number of amides is 3. The number of benzene rings is 2. The van der Waals surface area contributed by atoms with E-state index in [2.05, 4.69) is 76.4 Å². The maximum atomic E-state index is 14.8. The number of carbonyl (C=O) groups is 3. The van der Waals surface area contributed by atoms with Crippen LogP contribution in [0, 0.1) is 23.6 Å². The van der Waals surface area contributed by atoms with E-state index in [1.165, 1.54) is 91.8 Å². The molecule has 4 N–H and O–H groups in total. The Bertz CT molecular complexity index is 2440. The molecule has 0 bridgehead atoms. The second kappa shape index (κ2) is 25.4. The number of imide groups is 1. The second-order valence-corrected chi connectivity index (χ2v) is 21.6. The predicted octanol–water partition coefficient (Wildman–Crippen LogP) is 9.97. The average molecular weight is 1040 g/mol. The average Bonchev–Trinajstić information content (AvgIpc) is 3.85. The molecule has 5 aliphatic rings. The van der Waals surface area contributed by atoms with E-state index in [0.29, 0.717) is 41.8 Å². The molecule has 3 amide bonds. The van der Waals surface area contributed by atoms with Crippen LogP contribution in [0.1, 0.15) is 128 Å². The molecule has 9 rings (SSSR count). The smallest absolute Gasteiger partial charge is 0.389 e. The molecule has 4 saturated heterocycles. The topological polar surface area (TPSA) is 161 Å². The highest BCUT2D eigenvalue weighted by Crippen LogP contribution is 2.38. The minimum absolute atomic E-state index is 0.0343. The molecular weight excluding hydrogens is 961 g/mol. The maximum Gasteiger partial charge on any atom is 0.419 e. The molecule has 73 heavy (non-hydrogen) atoms. The van der Waals surface area contributed by atoms with E-state index in [-0.39, 0.29) is 41.5 Å². The van der Waals surface area contributed by atoms with Gasteiger partial charge in [-0.25, -0.2) is 14.4 Å². The van der Waals surface area contributed by atoms with Gasteiger partial charge in [-0.05, 0) is 151 Å². The van der Waals surface area contributed by atoms with Gasteiger partial charge in [0.2, 0.25) is 23.7 Å². The van der Waals surface area contributed by atoms with Crippen LogP contribution in [0.3, 0.4) is 0 Å². The van der Waals surface area contributed by atoms with Gasteiger partial charge >= 0.3 is 6.18 Å². The molecule has 0 radical (unpaired) electrons. The summed E-state index contributed by atoms with van der Waals surface area (Å²) in [6.45, 7) is 13.3. The summed E-state index contributed by atoms with van der Waals surface area (Å²) >= 11 is 1.35. The summed E-state index contributed by atoms with van der Waals surface area (Å²) < 4.78 is 60.5. The van der Waals surface area contributed by atoms with Crippen molar-refractivity contribution in [1.29, 1.82) is 0 Å². The molecule has 2 aromatic heterocycles. The number of rotatable bonds is 12. The number of aromatic nitrogens is 4. The molecule has 5 fully saturated rings. The summed E-state index contributed by atoms with van der Waals surface area (Å²) in [5.41, 5.74) is -0.212. The van der Waals surface area contributed by atoms with Crippen molar-refractivity contribution in [3.8, 4) is 11.3 Å². The van der Waals surface area contributed by atoms with Crippen molar-refractivity contribution in [2.75, 3.05) is 56.5 Å². The Morgan fingerprint density at radius 2 is 1.51 bits per heavy atom. The third kappa shape index (κ3) is 15.5. The lowest BCUT2D eigenvalue weighted by atomic mass is 9.78. The van der Waals surface area contributed by atoms with Crippen LogP contribution in [0.15, 0.2) is 66.0 Å². The van der Waals surface area contributed by atoms with Crippen LogP contribution < -0.4 is 20.3 Å². The zero-order valence-electron chi connectivity index (χ0n) is 43.0. The molecule has 4 aromatic rings.